The number of alkyl carbamates (subject to hydrolysis) is 1. The van der Waals surface area contributed by atoms with E-state index in [1.54, 1.807) is 20.8 Å². The molecule has 8 heteroatoms. The van der Waals surface area contributed by atoms with Gasteiger partial charge in [-0.25, -0.2) is 4.79 Å². The number of benzene rings is 1. The molecule has 1 aromatic rings. The summed E-state index contributed by atoms with van der Waals surface area (Å²) in [5.74, 6) is -0.475. The van der Waals surface area contributed by atoms with Crippen LogP contribution in [0.25, 0.3) is 0 Å². The van der Waals surface area contributed by atoms with Crippen LogP contribution in [0, 0.1) is 13.8 Å². The molecule has 34 heavy (non-hydrogen) atoms. The predicted octanol–water partition coefficient (Wildman–Crippen LogP) is 4.47. The van der Waals surface area contributed by atoms with Crippen LogP contribution in [0.2, 0.25) is 0 Å². The van der Waals surface area contributed by atoms with Gasteiger partial charge in [0.25, 0.3) is 0 Å². The van der Waals surface area contributed by atoms with Crippen molar-refractivity contribution in [3.63, 3.8) is 0 Å². The van der Waals surface area contributed by atoms with Gasteiger partial charge < -0.3 is 20.3 Å². The van der Waals surface area contributed by atoms with Crippen molar-refractivity contribution in [1.29, 1.82) is 0 Å². The zero-order chi connectivity index (χ0) is 25.5. The van der Waals surface area contributed by atoms with E-state index in [0.717, 1.165) is 42.4 Å². The molecule has 0 heterocycles. The molecule has 2 atom stereocenters. The Kier molecular flexibility index (Phi) is 10.3. The topological polar surface area (TPSA) is 87.7 Å². The molecule has 0 aromatic heterocycles. The summed E-state index contributed by atoms with van der Waals surface area (Å²) in [5, 5.41) is 5.83. The average molecular weight is 492 g/mol. The number of aryl methyl sites for hydroxylation is 2. The largest absolute Gasteiger partial charge is 0.444 e. The number of amides is 3. The highest BCUT2D eigenvalue weighted by atomic mass is 32.1. The fourth-order valence-electron chi connectivity index (χ4n) is 4.33. The molecule has 0 saturated heterocycles. The van der Waals surface area contributed by atoms with Crippen molar-refractivity contribution in [2.45, 2.75) is 97.4 Å². The molecule has 0 spiro atoms. The standard InChI is InChI=1S/C26H41N3O4S/c1-7-29(24(31)21(16-34)28-25(32)33-26(4,5)6)22(20-15-17(2)13-14-18(20)3)23(30)27-19-11-9-8-10-12-19/h13-15,19,21-22,34H,7-12,16H2,1-6H3,(H,27,30)(H,28,32). The third kappa shape index (κ3) is 7.93. The van der Waals surface area contributed by atoms with Crippen LogP contribution in [0.1, 0.15) is 82.5 Å². The van der Waals surface area contributed by atoms with E-state index in [4.69, 9.17) is 4.74 Å². The first-order valence-electron chi connectivity index (χ1n) is 12.2. The van der Waals surface area contributed by atoms with E-state index in [0.29, 0.717) is 6.54 Å². The van der Waals surface area contributed by atoms with Crippen LogP contribution < -0.4 is 10.6 Å². The molecular formula is C26H41N3O4S. The van der Waals surface area contributed by atoms with Crippen molar-refractivity contribution in [3.8, 4) is 0 Å². The second-order valence-corrected chi connectivity index (χ2v) is 10.5. The minimum absolute atomic E-state index is 0.0817. The van der Waals surface area contributed by atoms with E-state index >= 15 is 0 Å². The van der Waals surface area contributed by atoms with Gasteiger partial charge in [-0.2, -0.15) is 12.6 Å². The number of hydrogen-bond donors (Lipinski definition) is 3. The summed E-state index contributed by atoms with van der Waals surface area (Å²) >= 11 is 4.31. The molecule has 1 saturated carbocycles. The number of nitrogens with one attached hydrogen (secondary N) is 2. The molecule has 2 unspecified atom stereocenters. The summed E-state index contributed by atoms with van der Waals surface area (Å²) in [5.41, 5.74) is 2.04. The lowest BCUT2D eigenvalue weighted by molar-refractivity contribution is -0.142. The molecule has 0 bridgehead atoms. The molecule has 1 aliphatic rings. The number of ether oxygens (including phenoxy) is 1. The lowest BCUT2D eigenvalue weighted by Crippen LogP contribution is -2.54. The van der Waals surface area contributed by atoms with Gasteiger partial charge in [0.15, 0.2) is 0 Å². The Bertz CT molecular complexity index is 862. The van der Waals surface area contributed by atoms with Crippen molar-refractivity contribution in [1.82, 2.24) is 15.5 Å². The molecule has 7 nitrogen and oxygen atoms in total. The van der Waals surface area contributed by atoms with Crippen molar-refractivity contribution >= 4 is 30.5 Å². The Morgan fingerprint density at radius 3 is 2.35 bits per heavy atom. The van der Waals surface area contributed by atoms with Crippen LogP contribution in [0.15, 0.2) is 18.2 Å². The first-order chi connectivity index (χ1) is 16.0. The van der Waals surface area contributed by atoms with Crippen LogP contribution in [-0.2, 0) is 14.3 Å². The van der Waals surface area contributed by atoms with E-state index in [1.807, 2.05) is 39.0 Å². The molecule has 1 aromatic carbocycles. The summed E-state index contributed by atoms with van der Waals surface area (Å²) in [6, 6.07) is 4.32. The van der Waals surface area contributed by atoms with Crippen LogP contribution in [0.5, 0.6) is 0 Å². The molecule has 2 N–H and O–H groups in total. The number of carbonyl (C=O) groups is 3. The zero-order valence-corrected chi connectivity index (χ0v) is 22.3. The van der Waals surface area contributed by atoms with Gasteiger partial charge in [0.05, 0.1) is 0 Å². The van der Waals surface area contributed by atoms with Gasteiger partial charge in [-0.05, 0) is 65.5 Å². The zero-order valence-electron chi connectivity index (χ0n) is 21.4. The number of thiol groups is 1. The second kappa shape index (κ2) is 12.5. The molecule has 0 radical (unpaired) electrons. The third-order valence-electron chi connectivity index (χ3n) is 6.04. The lowest BCUT2D eigenvalue weighted by atomic mass is 9.93. The minimum atomic E-state index is -0.923. The summed E-state index contributed by atoms with van der Waals surface area (Å²) in [6.07, 6.45) is 4.58. The summed E-state index contributed by atoms with van der Waals surface area (Å²) in [6.45, 7) is 11.3. The van der Waals surface area contributed by atoms with E-state index < -0.39 is 23.8 Å². The first kappa shape index (κ1) is 28.0. The maximum Gasteiger partial charge on any atom is 0.408 e. The maximum absolute atomic E-state index is 13.7. The quantitative estimate of drug-likeness (QED) is 0.469. The van der Waals surface area contributed by atoms with Crippen molar-refractivity contribution in [2.75, 3.05) is 12.3 Å². The van der Waals surface area contributed by atoms with Crippen molar-refractivity contribution in [3.05, 3.63) is 34.9 Å². The normalized spacial score (nSPS) is 16.3. The smallest absolute Gasteiger partial charge is 0.408 e. The first-order valence-corrected chi connectivity index (χ1v) is 12.9. The number of nitrogens with zero attached hydrogens (tertiary/aromatic N) is 1. The minimum Gasteiger partial charge on any atom is -0.444 e. The monoisotopic (exact) mass is 491 g/mol. The Labute approximate surface area is 209 Å². The molecule has 1 aliphatic carbocycles. The fraction of sp³-hybridized carbons (Fsp3) is 0.654. The van der Waals surface area contributed by atoms with E-state index in [-0.39, 0.29) is 23.6 Å². The second-order valence-electron chi connectivity index (χ2n) is 10.1. The summed E-state index contributed by atoms with van der Waals surface area (Å²) < 4.78 is 5.33. The van der Waals surface area contributed by atoms with Gasteiger partial charge in [-0.1, -0.05) is 43.0 Å². The lowest BCUT2D eigenvalue weighted by Gasteiger charge is -2.35. The molecule has 190 valence electrons. The Balaban J connectivity index is 2.36. The van der Waals surface area contributed by atoms with Gasteiger partial charge in [0.2, 0.25) is 11.8 Å². The summed E-state index contributed by atoms with van der Waals surface area (Å²) in [4.78, 5) is 41.2. The highest BCUT2D eigenvalue weighted by Crippen LogP contribution is 2.28. The van der Waals surface area contributed by atoms with Crippen LogP contribution in [0.4, 0.5) is 4.79 Å². The van der Waals surface area contributed by atoms with Gasteiger partial charge in [-0.3, -0.25) is 9.59 Å². The highest BCUT2D eigenvalue weighted by molar-refractivity contribution is 7.80. The van der Waals surface area contributed by atoms with Crippen molar-refractivity contribution in [2.24, 2.45) is 0 Å². The maximum atomic E-state index is 13.7. The number of rotatable bonds is 8. The molecule has 2 rings (SSSR count). The Morgan fingerprint density at radius 2 is 1.79 bits per heavy atom. The van der Waals surface area contributed by atoms with Crippen molar-refractivity contribution < 1.29 is 19.1 Å². The van der Waals surface area contributed by atoms with E-state index in [2.05, 4.69) is 23.3 Å². The summed E-state index contributed by atoms with van der Waals surface area (Å²) in [7, 11) is 0. The molecule has 3 amide bonds. The van der Waals surface area contributed by atoms with Crippen LogP contribution in [-0.4, -0.2) is 52.8 Å². The predicted molar refractivity (Wildman–Crippen MR) is 138 cm³/mol. The van der Waals surface area contributed by atoms with E-state index in [9.17, 15) is 14.4 Å². The average Bonchev–Trinajstić information content (AvgIpc) is 2.76. The molecule has 1 fully saturated rings. The van der Waals surface area contributed by atoms with Crippen LogP contribution >= 0.6 is 12.6 Å². The molecular weight excluding hydrogens is 450 g/mol. The highest BCUT2D eigenvalue weighted by Gasteiger charge is 2.36. The third-order valence-corrected chi connectivity index (χ3v) is 6.40. The number of hydrogen-bond acceptors (Lipinski definition) is 5. The fourth-order valence-corrected chi connectivity index (χ4v) is 4.58. The molecule has 0 aliphatic heterocycles. The number of likely N-dealkylation sites (N-methyl/N-ethyl adjacent to an activating group) is 1. The van der Waals surface area contributed by atoms with Gasteiger partial charge in [-0.15, -0.1) is 0 Å². The number of carbonyl (C=O) groups excluding carboxylic acids is 3. The van der Waals surface area contributed by atoms with E-state index in [1.165, 1.54) is 11.3 Å². The van der Waals surface area contributed by atoms with Gasteiger partial charge >= 0.3 is 6.09 Å². The van der Waals surface area contributed by atoms with Gasteiger partial charge in [0.1, 0.15) is 17.7 Å². The van der Waals surface area contributed by atoms with Gasteiger partial charge in [0, 0.05) is 18.3 Å². The van der Waals surface area contributed by atoms with Crippen LogP contribution in [0.3, 0.4) is 0 Å². The Hall–Kier alpha value is -2.22. The SMILES string of the molecule is CCN(C(=O)C(CS)NC(=O)OC(C)(C)C)C(C(=O)NC1CCCCC1)c1cc(C)ccc1C. The Morgan fingerprint density at radius 1 is 1.15 bits per heavy atom.